The summed E-state index contributed by atoms with van der Waals surface area (Å²) in [7, 11) is 0. The highest BCUT2D eigenvalue weighted by Crippen LogP contribution is 2.50. The predicted molar refractivity (Wildman–Crippen MR) is 441 cm³/mol. The van der Waals surface area contributed by atoms with Gasteiger partial charge in [-0.25, -0.2) is 19.8 Å². The van der Waals surface area contributed by atoms with Gasteiger partial charge in [0, 0.05) is 61.6 Å². The van der Waals surface area contributed by atoms with Gasteiger partial charge < -0.3 is 14.4 Å². The van der Waals surface area contributed by atoms with E-state index in [0.29, 0.717) is 23.2 Å². The van der Waals surface area contributed by atoms with Gasteiger partial charge in [0.25, 0.3) is 6.71 Å². The van der Waals surface area contributed by atoms with Crippen LogP contribution in [0, 0.1) is 6.57 Å². The molecule has 510 valence electrons. The summed E-state index contributed by atoms with van der Waals surface area (Å²) in [4.78, 5) is 24.9. The molecule has 0 saturated carbocycles. The molecular formula is C96H88BN7. The topological polar surface area (TPSA) is 54.4 Å². The van der Waals surface area contributed by atoms with Gasteiger partial charge in [-0.05, 0) is 184 Å². The second kappa shape index (κ2) is 25.0. The third-order valence-electron chi connectivity index (χ3n) is 21.4. The summed E-state index contributed by atoms with van der Waals surface area (Å²) in [5, 5.41) is 2.20. The first-order valence-corrected chi connectivity index (χ1v) is 36.6. The highest BCUT2D eigenvalue weighted by Gasteiger charge is 2.44. The first kappa shape index (κ1) is 67.1. The maximum Gasteiger partial charge on any atom is 0.252 e. The maximum atomic E-state index is 8.41. The zero-order chi connectivity index (χ0) is 72.5. The van der Waals surface area contributed by atoms with Gasteiger partial charge in [0.2, 0.25) is 0 Å². The Labute approximate surface area is 614 Å². The van der Waals surface area contributed by atoms with Gasteiger partial charge in [0.15, 0.2) is 23.2 Å². The van der Waals surface area contributed by atoms with Crippen LogP contribution in [-0.4, -0.2) is 26.2 Å². The van der Waals surface area contributed by atoms with Crippen LogP contribution in [-0.2, 0) is 27.1 Å². The van der Waals surface area contributed by atoms with E-state index in [2.05, 4.69) is 311 Å². The average molecular weight is 1350 g/mol. The molecule has 0 aliphatic carbocycles. The molecule has 0 unspecified atom stereocenters. The van der Waals surface area contributed by atoms with Crippen molar-refractivity contribution in [1.29, 1.82) is 0 Å². The number of fused-ring (bicyclic) bond motifs is 7. The molecule has 16 rings (SSSR count). The maximum absolute atomic E-state index is 8.41. The van der Waals surface area contributed by atoms with Crippen LogP contribution in [0.15, 0.2) is 261 Å². The molecule has 0 fully saturated rings. The number of hydrogen-bond acceptors (Lipinski definition) is 5. The van der Waals surface area contributed by atoms with Crippen molar-refractivity contribution in [3.8, 4) is 73.2 Å². The van der Waals surface area contributed by atoms with Crippen LogP contribution in [0.4, 0.5) is 39.8 Å². The summed E-state index contributed by atoms with van der Waals surface area (Å²) in [5.74, 6) is 1.58. The zero-order valence-electron chi connectivity index (χ0n) is 62.5. The van der Waals surface area contributed by atoms with Crippen LogP contribution in [0.5, 0.6) is 0 Å². The van der Waals surface area contributed by atoms with E-state index >= 15 is 0 Å². The minimum absolute atomic E-state index is 0.0695. The van der Waals surface area contributed by atoms with E-state index in [1.165, 1.54) is 66.5 Å². The Hall–Kier alpha value is -11.4. The summed E-state index contributed by atoms with van der Waals surface area (Å²) in [6, 6.07) is 96.4. The lowest BCUT2D eigenvalue weighted by Gasteiger charge is -2.44. The van der Waals surface area contributed by atoms with E-state index in [9.17, 15) is 0 Å². The van der Waals surface area contributed by atoms with Crippen molar-refractivity contribution in [2.24, 2.45) is 0 Å². The Morgan fingerprint density at radius 1 is 0.298 bits per heavy atom. The third-order valence-corrected chi connectivity index (χ3v) is 21.4. The van der Waals surface area contributed by atoms with Crippen molar-refractivity contribution in [1.82, 2.24) is 19.5 Å². The van der Waals surface area contributed by atoms with Gasteiger partial charge in [-0.15, -0.1) is 0 Å². The smallest absolute Gasteiger partial charge is 0.252 e. The number of benzene rings is 12. The molecule has 4 heterocycles. The number of aromatic nitrogens is 4. The summed E-state index contributed by atoms with van der Waals surface area (Å²) in [5.41, 5.74) is 29.4. The van der Waals surface area contributed by atoms with Crippen molar-refractivity contribution >= 4 is 84.7 Å². The van der Waals surface area contributed by atoms with Crippen molar-refractivity contribution in [3.63, 3.8) is 0 Å². The first-order valence-electron chi connectivity index (χ1n) is 36.6. The van der Waals surface area contributed by atoms with Crippen LogP contribution < -0.4 is 26.2 Å². The van der Waals surface area contributed by atoms with E-state index < -0.39 is 0 Å². The fourth-order valence-electron chi connectivity index (χ4n) is 15.4. The fourth-order valence-corrected chi connectivity index (χ4v) is 15.4. The molecule has 0 saturated heterocycles. The Morgan fingerprint density at radius 3 is 1.14 bits per heavy atom. The van der Waals surface area contributed by atoms with Gasteiger partial charge >= 0.3 is 0 Å². The van der Waals surface area contributed by atoms with E-state index in [-0.39, 0.29) is 33.8 Å². The molecule has 7 nitrogen and oxygen atoms in total. The van der Waals surface area contributed by atoms with Gasteiger partial charge in [0.1, 0.15) is 0 Å². The van der Waals surface area contributed by atoms with Crippen molar-refractivity contribution in [2.75, 3.05) is 9.80 Å². The van der Waals surface area contributed by atoms with Gasteiger partial charge in [-0.1, -0.05) is 286 Å². The number of hydrogen-bond donors (Lipinski definition) is 0. The van der Waals surface area contributed by atoms with Crippen LogP contribution in [0.1, 0.15) is 132 Å². The minimum Gasteiger partial charge on any atom is -0.311 e. The van der Waals surface area contributed by atoms with Gasteiger partial charge in [-0.2, -0.15) is 0 Å². The van der Waals surface area contributed by atoms with E-state index in [0.717, 1.165) is 89.4 Å². The molecule has 8 heteroatoms. The molecule has 0 spiro atoms. The monoisotopic (exact) mass is 1350 g/mol. The Balaban J connectivity index is 0.972. The average Bonchev–Trinajstić information content (AvgIpc) is 0.731. The number of para-hydroxylation sites is 2. The molecule has 2 aliphatic rings. The molecule has 0 radical (unpaired) electrons. The highest BCUT2D eigenvalue weighted by molar-refractivity contribution is 7.00. The van der Waals surface area contributed by atoms with Gasteiger partial charge in [-0.3, -0.25) is 0 Å². The van der Waals surface area contributed by atoms with Crippen LogP contribution in [0.2, 0.25) is 0 Å². The Kier molecular flexibility index (Phi) is 16.1. The standard InChI is InChI=1S/C96H88BN7/c1-92(2,3)68-40-42-76-77-51-62(39-45-81(77)104(83(76)58-68)82-46-41-73(98-16)59-78(82)91-100-89(60-29-21-17-22-30-60)99-90(101-91)61-31-23-18-24-32-61)67-54-86-88-87(55-67)103(75-35-27-20-28-36-75)85-53-64(66-49-71(95(10,11)12)57-72(50-66)96(13,14)15)38-44-80(85)97(88)79-43-37-63(52-84(79)102(86)74-33-25-19-26-34-74)65-47-69(93(4,5)6)56-70(48-65)94(7,8)9/h17-59H,1-15H3. The summed E-state index contributed by atoms with van der Waals surface area (Å²) < 4.78 is 2.38. The number of anilines is 6. The third kappa shape index (κ3) is 12.1. The molecule has 0 atom stereocenters. The first-order chi connectivity index (χ1) is 49.6. The Morgan fingerprint density at radius 2 is 0.702 bits per heavy atom. The lowest BCUT2D eigenvalue weighted by atomic mass is 9.33. The van der Waals surface area contributed by atoms with E-state index in [4.69, 9.17) is 21.5 Å². The summed E-state index contributed by atoms with van der Waals surface area (Å²) in [6.45, 7) is 43.1. The SMILES string of the molecule is [C-]#[N+]c1ccc(-n2c3ccc(-c4cc5c6c(c4)N(c4ccccc4)c4cc(-c7cc(C(C)(C)C)cc(C(C)(C)C)c7)ccc4B6c4ccc(-c6cc(C(C)(C)C)cc(C(C)(C)C)c6)cc4N5c4ccccc4)cc3c3ccc(C(C)(C)C)cc32)c(-c2nc(-c3ccccc3)nc(-c3ccccc3)n2)c1. The zero-order valence-corrected chi connectivity index (χ0v) is 62.5. The van der Waals surface area contributed by atoms with Crippen LogP contribution >= 0.6 is 0 Å². The quantitative estimate of drug-likeness (QED) is 0.106. The van der Waals surface area contributed by atoms with Crippen LogP contribution in [0.25, 0.3) is 99.9 Å². The molecule has 2 aromatic heterocycles. The molecule has 2 aliphatic heterocycles. The van der Waals surface area contributed by atoms with Crippen molar-refractivity contribution < 1.29 is 0 Å². The predicted octanol–water partition coefficient (Wildman–Crippen LogP) is 24.1. The fraction of sp³-hybridized carbons (Fsp3) is 0.208. The Bertz CT molecular complexity index is 5460. The lowest BCUT2D eigenvalue weighted by molar-refractivity contribution is 0.568. The second-order valence-electron chi connectivity index (χ2n) is 33.7. The normalized spacial score (nSPS) is 13.1. The van der Waals surface area contributed by atoms with E-state index in [1.807, 2.05) is 72.8 Å². The van der Waals surface area contributed by atoms with E-state index in [1.54, 1.807) is 0 Å². The van der Waals surface area contributed by atoms with Crippen molar-refractivity contribution in [3.05, 3.63) is 300 Å². The molecular weight excluding hydrogens is 1260 g/mol. The lowest BCUT2D eigenvalue weighted by Crippen LogP contribution is -2.61. The number of rotatable bonds is 9. The molecule has 0 N–H and O–H groups in total. The summed E-state index contributed by atoms with van der Waals surface area (Å²) in [6.07, 6.45) is 0. The molecule has 104 heavy (non-hydrogen) atoms. The molecule has 12 aromatic carbocycles. The highest BCUT2D eigenvalue weighted by atomic mass is 15.2. The number of nitrogens with zero attached hydrogens (tertiary/aromatic N) is 7. The molecule has 14 aromatic rings. The summed E-state index contributed by atoms with van der Waals surface area (Å²) >= 11 is 0. The van der Waals surface area contributed by atoms with Crippen molar-refractivity contribution in [2.45, 2.75) is 131 Å². The second-order valence-corrected chi connectivity index (χ2v) is 33.7. The molecule has 0 bridgehead atoms. The molecule has 0 amide bonds. The largest absolute Gasteiger partial charge is 0.311 e. The van der Waals surface area contributed by atoms with Gasteiger partial charge in [0.05, 0.1) is 23.3 Å². The minimum atomic E-state index is -0.172. The van der Waals surface area contributed by atoms with Crippen LogP contribution in [0.3, 0.4) is 0 Å².